The summed E-state index contributed by atoms with van der Waals surface area (Å²) in [7, 11) is 0. The molecule has 12 heavy (non-hydrogen) atoms. The van der Waals surface area contributed by atoms with Crippen LogP contribution >= 0.6 is 0 Å². The maximum Gasteiger partial charge on any atom is 0.367 e. The minimum atomic E-state index is -1.28. The molecule has 64 valence electrons. The first-order valence-corrected chi connectivity index (χ1v) is 2.90. The molecule has 5 N–H and O–H groups in total. The summed E-state index contributed by atoms with van der Waals surface area (Å²) >= 11 is 0. The number of hydrogen-bond acceptors (Lipinski definition) is 5. The van der Waals surface area contributed by atoms with Gasteiger partial charge in [0.1, 0.15) is 11.4 Å². The van der Waals surface area contributed by atoms with E-state index < -0.39 is 11.7 Å². The zero-order valence-corrected chi connectivity index (χ0v) is 5.89. The molecular formula is C5H6N4O3. The van der Waals surface area contributed by atoms with Gasteiger partial charge in [0.25, 0.3) is 0 Å². The van der Waals surface area contributed by atoms with Crippen LogP contribution in [0, 0.1) is 0 Å². The molecular weight excluding hydrogens is 164 g/mol. The summed E-state index contributed by atoms with van der Waals surface area (Å²) in [5, 5.41) is 8.49. The minimum absolute atomic E-state index is 0.294. The molecule has 0 aliphatic heterocycles. The molecule has 1 heterocycles. The van der Waals surface area contributed by atoms with Crippen molar-refractivity contribution >= 4 is 11.8 Å². The Morgan fingerprint density at radius 3 is 2.75 bits per heavy atom. The maximum atomic E-state index is 10.7. The van der Waals surface area contributed by atoms with Crippen LogP contribution in [-0.4, -0.2) is 20.7 Å². The molecule has 0 atom stereocenters. The number of carboxylic acid groups (broad SMARTS) is 1. The third kappa shape index (κ3) is 1.19. The second-order valence-corrected chi connectivity index (χ2v) is 2.03. The van der Waals surface area contributed by atoms with Gasteiger partial charge in [0, 0.05) is 6.20 Å². The Morgan fingerprint density at radius 1 is 1.67 bits per heavy atom. The molecule has 0 spiro atoms. The molecule has 7 nitrogen and oxygen atoms in total. The van der Waals surface area contributed by atoms with Crippen LogP contribution in [0.5, 0.6) is 0 Å². The van der Waals surface area contributed by atoms with E-state index in [9.17, 15) is 9.59 Å². The third-order valence-electron chi connectivity index (χ3n) is 1.21. The lowest BCUT2D eigenvalue weighted by molar-refractivity contribution is 0.0696. The predicted octanol–water partition coefficient (Wildman–Crippen LogP) is -1.76. The van der Waals surface area contributed by atoms with E-state index in [1.54, 1.807) is 0 Å². The van der Waals surface area contributed by atoms with Crippen LogP contribution in [0.4, 0.5) is 5.82 Å². The predicted molar refractivity (Wildman–Crippen MR) is 40.0 cm³/mol. The molecule has 0 amide bonds. The summed E-state index contributed by atoms with van der Waals surface area (Å²) in [6.07, 6.45) is 0.910. The smallest absolute Gasteiger partial charge is 0.367 e. The lowest BCUT2D eigenvalue weighted by Crippen LogP contribution is -2.31. The lowest BCUT2D eigenvalue weighted by atomic mass is 10.3. The first-order valence-electron chi connectivity index (χ1n) is 2.90. The van der Waals surface area contributed by atoms with Gasteiger partial charge in [-0.1, -0.05) is 0 Å². The minimum Gasteiger partial charge on any atom is -0.477 e. The number of aromatic carboxylic acids is 1. The Bertz CT molecular complexity index is 383. The quantitative estimate of drug-likeness (QED) is 0.429. The Labute approximate surface area is 66.2 Å². The number of nitrogens with two attached hydrogens (primary N) is 2. The van der Waals surface area contributed by atoms with Gasteiger partial charge < -0.3 is 16.7 Å². The van der Waals surface area contributed by atoms with Gasteiger partial charge in [0.15, 0.2) is 0 Å². The van der Waals surface area contributed by atoms with Crippen LogP contribution in [0.3, 0.4) is 0 Å². The van der Waals surface area contributed by atoms with Crippen LogP contribution in [0.15, 0.2) is 11.0 Å². The van der Waals surface area contributed by atoms with Crippen molar-refractivity contribution < 1.29 is 9.90 Å². The molecule has 1 aromatic rings. The Hall–Kier alpha value is -2.05. The summed E-state index contributed by atoms with van der Waals surface area (Å²) in [6, 6.07) is 0. The Kier molecular flexibility index (Phi) is 1.70. The highest BCUT2D eigenvalue weighted by Crippen LogP contribution is 2.02. The van der Waals surface area contributed by atoms with Crippen molar-refractivity contribution in [3.05, 3.63) is 22.2 Å². The molecule has 0 aromatic carbocycles. The van der Waals surface area contributed by atoms with E-state index in [4.69, 9.17) is 16.7 Å². The second kappa shape index (κ2) is 2.53. The number of carbonyl (C=O) groups is 1. The van der Waals surface area contributed by atoms with Gasteiger partial charge >= 0.3 is 11.7 Å². The molecule has 7 heteroatoms. The van der Waals surface area contributed by atoms with Crippen LogP contribution in [0.2, 0.25) is 0 Å². The number of aromatic nitrogens is 2. The number of anilines is 1. The fraction of sp³-hybridized carbons (Fsp3) is 0. The van der Waals surface area contributed by atoms with Gasteiger partial charge in [0.05, 0.1) is 0 Å². The van der Waals surface area contributed by atoms with E-state index in [2.05, 4.69) is 4.98 Å². The topological polar surface area (TPSA) is 124 Å². The fourth-order valence-electron chi connectivity index (χ4n) is 0.646. The molecule has 0 aliphatic carbocycles. The molecule has 1 aromatic heterocycles. The summed E-state index contributed by atoms with van der Waals surface area (Å²) in [5.74, 6) is 3.43. The number of carboxylic acids is 1. The van der Waals surface area contributed by atoms with Gasteiger partial charge in [-0.2, -0.15) is 4.98 Å². The monoisotopic (exact) mass is 170 g/mol. The van der Waals surface area contributed by atoms with Crippen LogP contribution in [-0.2, 0) is 0 Å². The average Bonchev–Trinajstić information content (AvgIpc) is 1.96. The van der Waals surface area contributed by atoms with E-state index in [0.717, 1.165) is 6.20 Å². The maximum absolute atomic E-state index is 10.7. The highest BCUT2D eigenvalue weighted by Gasteiger charge is 2.10. The zero-order chi connectivity index (χ0) is 9.30. The fourth-order valence-corrected chi connectivity index (χ4v) is 0.646. The van der Waals surface area contributed by atoms with Gasteiger partial charge in [-0.05, 0) is 0 Å². The van der Waals surface area contributed by atoms with E-state index in [0.29, 0.717) is 4.68 Å². The Balaban J connectivity index is 3.43. The molecule has 0 saturated carbocycles. The summed E-state index contributed by atoms with van der Waals surface area (Å²) < 4.78 is 0.555. The summed E-state index contributed by atoms with van der Waals surface area (Å²) in [4.78, 5) is 24.2. The van der Waals surface area contributed by atoms with Crippen LogP contribution < -0.4 is 17.3 Å². The van der Waals surface area contributed by atoms with Crippen LogP contribution in [0.1, 0.15) is 10.4 Å². The van der Waals surface area contributed by atoms with Crippen molar-refractivity contribution in [1.29, 1.82) is 0 Å². The van der Waals surface area contributed by atoms with Crippen molar-refractivity contribution in [3.8, 4) is 0 Å². The normalized spacial score (nSPS) is 9.67. The SMILES string of the molecule is Nc1nc(=O)n(N)cc1C(=O)O. The van der Waals surface area contributed by atoms with Crippen molar-refractivity contribution in [3.63, 3.8) is 0 Å². The van der Waals surface area contributed by atoms with Gasteiger partial charge in [0.2, 0.25) is 0 Å². The van der Waals surface area contributed by atoms with E-state index in [1.165, 1.54) is 0 Å². The standard InChI is InChI=1S/C5H6N4O3/c6-3-2(4(10)11)1-9(7)5(12)8-3/h1H,7H2,(H,10,11)(H2,6,8,12). The van der Waals surface area contributed by atoms with Gasteiger partial charge in [-0.25, -0.2) is 14.3 Å². The highest BCUT2D eigenvalue weighted by molar-refractivity contribution is 5.91. The number of rotatable bonds is 1. The zero-order valence-electron chi connectivity index (χ0n) is 5.89. The number of nitrogens with zero attached hydrogens (tertiary/aromatic N) is 2. The van der Waals surface area contributed by atoms with Crippen molar-refractivity contribution in [2.75, 3.05) is 11.6 Å². The lowest BCUT2D eigenvalue weighted by Gasteiger charge is -2.00. The Morgan fingerprint density at radius 2 is 2.25 bits per heavy atom. The van der Waals surface area contributed by atoms with Gasteiger partial charge in [-0.15, -0.1) is 0 Å². The van der Waals surface area contributed by atoms with E-state index in [-0.39, 0.29) is 11.4 Å². The van der Waals surface area contributed by atoms with Crippen molar-refractivity contribution in [2.45, 2.75) is 0 Å². The highest BCUT2D eigenvalue weighted by atomic mass is 16.4. The second-order valence-electron chi connectivity index (χ2n) is 2.03. The molecule has 0 unspecified atom stereocenters. The molecule has 1 rings (SSSR count). The first-order chi connectivity index (χ1) is 5.52. The molecule has 0 aliphatic rings. The third-order valence-corrected chi connectivity index (χ3v) is 1.21. The van der Waals surface area contributed by atoms with Crippen molar-refractivity contribution in [2.24, 2.45) is 0 Å². The van der Waals surface area contributed by atoms with Gasteiger partial charge in [-0.3, -0.25) is 0 Å². The molecule has 0 bridgehead atoms. The number of hydrogen-bond donors (Lipinski definition) is 3. The summed E-state index contributed by atoms with van der Waals surface area (Å²) in [6.45, 7) is 0. The summed E-state index contributed by atoms with van der Waals surface area (Å²) in [5.41, 5.74) is 4.04. The first kappa shape index (κ1) is 8.05. The molecule has 0 radical (unpaired) electrons. The van der Waals surface area contributed by atoms with Crippen LogP contribution in [0.25, 0.3) is 0 Å². The number of nitrogen functional groups attached to an aromatic ring is 2. The van der Waals surface area contributed by atoms with E-state index in [1.807, 2.05) is 0 Å². The van der Waals surface area contributed by atoms with E-state index >= 15 is 0 Å². The average molecular weight is 170 g/mol. The van der Waals surface area contributed by atoms with Crippen molar-refractivity contribution in [1.82, 2.24) is 9.66 Å². The molecule has 0 fully saturated rings. The largest absolute Gasteiger partial charge is 0.477 e. The molecule has 0 saturated heterocycles.